The third-order valence-corrected chi connectivity index (χ3v) is 3.03. The van der Waals surface area contributed by atoms with Crippen LogP contribution in [0.15, 0.2) is 29.3 Å². The van der Waals surface area contributed by atoms with E-state index in [1.54, 1.807) is 0 Å². The van der Waals surface area contributed by atoms with Gasteiger partial charge in [-0.1, -0.05) is 17.7 Å². The van der Waals surface area contributed by atoms with Crippen LogP contribution in [-0.2, 0) is 0 Å². The molecule has 1 aromatic rings. The van der Waals surface area contributed by atoms with Crippen LogP contribution >= 0.6 is 0 Å². The maximum Gasteiger partial charge on any atom is 0.251 e. The molecule has 0 aromatic heterocycles. The van der Waals surface area contributed by atoms with E-state index in [1.807, 2.05) is 38.2 Å². The van der Waals surface area contributed by atoms with Gasteiger partial charge in [0.15, 0.2) is 5.96 Å². The van der Waals surface area contributed by atoms with Crippen LogP contribution in [0.1, 0.15) is 15.9 Å². The standard InChI is InChI=1S/C14H20N4O/c1-11-4-3-5-12(10-11)13(19)15-6-7-16-14-17-8-9-18(14)2/h3-5,10H,6-9H2,1-2H3,(H,15,19)(H,16,17). The molecule has 0 saturated carbocycles. The van der Waals surface area contributed by atoms with Crippen LogP contribution in [0.2, 0.25) is 0 Å². The van der Waals surface area contributed by atoms with Crippen LogP contribution < -0.4 is 10.6 Å². The van der Waals surface area contributed by atoms with Crippen molar-refractivity contribution >= 4 is 11.9 Å². The Morgan fingerprint density at radius 3 is 2.95 bits per heavy atom. The lowest BCUT2D eigenvalue weighted by molar-refractivity contribution is 0.0954. The highest BCUT2D eigenvalue weighted by Crippen LogP contribution is 2.03. The fourth-order valence-electron chi connectivity index (χ4n) is 1.96. The Morgan fingerprint density at radius 2 is 2.26 bits per heavy atom. The summed E-state index contributed by atoms with van der Waals surface area (Å²) in [7, 11) is 2.00. The number of rotatable bonds is 4. The second kappa shape index (κ2) is 6.22. The fraction of sp³-hybridized carbons (Fsp3) is 0.429. The molecule has 102 valence electrons. The van der Waals surface area contributed by atoms with Gasteiger partial charge in [0.25, 0.3) is 5.91 Å². The minimum absolute atomic E-state index is 0.0350. The molecule has 5 nitrogen and oxygen atoms in total. The number of carbonyl (C=O) groups excluding carboxylic acids is 1. The van der Waals surface area contributed by atoms with Gasteiger partial charge in [0, 0.05) is 32.2 Å². The van der Waals surface area contributed by atoms with Crippen molar-refractivity contribution in [3.63, 3.8) is 0 Å². The van der Waals surface area contributed by atoms with E-state index in [0.29, 0.717) is 18.7 Å². The molecule has 1 aliphatic rings. The first kappa shape index (κ1) is 13.4. The maximum atomic E-state index is 11.9. The van der Waals surface area contributed by atoms with E-state index >= 15 is 0 Å². The van der Waals surface area contributed by atoms with Crippen LogP contribution in [0, 0.1) is 6.92 Å². The number of guanidine groups is 1. The van der Waals surface area contributed by atoms with Crippen LogP contribution in [-0.4, -0.2) is 50.0 Å². The number of carbonyl (C=O) groups is 1. The molecule has 1 aromatic carbocycles. The largest absolute Gasteiger partial charge is 0.354 e. The lowest BCUT2D eigenvalue weighted by Gasteiger charge is -2.15. The lowest BCUT2D eigenvalue weighted by atomic mass is 10.1. The summed E-state index contributed by atoms with van der Waals surface area (Å²) < 4.78 is 0. The second-order valence-electron chi connectivity index (χ2n) is 4.68. The van der Waals surface area contributed by atoms with E-state index in [2.05, 4.69) is 20.5 Å². The van der Waals surface area contributed by atoms with E-state index < -0.39 is 0 Å². The summed E-state index contributed by atoms with van der Waals surface area (Å²) in [6.45, 7) is 5.04. The van der Waals surface area contributed by atoms with Crippen molar-refractivity contribution in [3.8, 4) is 0 Å². The average molecular weight is 260 g/mol. The number of hydrogen-bond acceptors (Lipinski definition) is 4. The minimum atomic E-state index is -0.0350. The van der Waals surface area contributed by atoms with Crippen molar-refractivity contribution in [3.05, 3.63) is 35.4 Å². The number of nitrogens with zero attached hydrogens (tertiary/aromatic N) is 2. The van der Waals surface area contributed by atoms with Crippen molar-refractivity contribution in [2.75, 3.05) is 33.2 Å². The molecule has 2 rings (SSSR count). The Labute approximate surface area is 113 Å². The predicted octanol–water partition coefficient (Wildman–Crippen LogP) is 0.616. The molecule has 0 aliphatic carbocycles. The first-order valence-electron chi connectivity index (χ1n) is 6.51. The molecule has 0 atom stereocenters. The summed E-state index contributed by atoms with van der Waals surface area (Å²) in [6.07, 6.45) is 0. The average Bonchev–Trinajstić information content (AvgIpc) is 2.80. The fourth-order valence-corrected chi connectivity index (χ4v) is 1.96. The summed E-state index contributed by atoms with van der Waals surface area (Å²) in [5.41, 5.74) is 1.79. The van der Waals surface area contributed by atoms with Crippen molar-refractivity contribution in [2.24, 2.45) is 4.99 Å². The summed E-state index contributed by atoms with van der Waals surface area (Å²) in [5, 5.41) is 6.10. The maximum absolute atomic E-state index is 11.9. The molecule has 0 radical (unpaired) electrons. The Bertz CT molecular complexity index is 484. The molecule has 0 spiro atoms. The van der Waals surface area contributed by atoms with E-state index in [-0.39, 0.29) is 5.91 Å². The SMILES string of the molecule is Cc1cccc(C(=O)NCCNC2=NCCN2C)c1. The van der Waals surface area contributed by atoms with Gasteiger partial charge in [-0.3, -0.25) is 9.79 Å². The normalized spacial score (nSPS) is 14.2. The van der Waals surface area contributed by atoms with Crippen molar-refractivity contribution in [2.45, 2.75) is 6.92 Å². The molecule has 0 fully saturated rings. The first-order chi connectivity index (χ1) is 9.16. The molecule has 2 N–H and O–H groups in total. The summed E-state index contributed by atoms with van der Waals surface area (Å²) in [6, 6.07) is 7.58. The topological polar surface area (TPSA) is 56.7 Å². The first-order valence-corrected chi connectivity index (χ1v) is 6.51. The minimum Gasteiger partial charge on any atom is -0.354 e. The number of aryl methyl sites for hydroxylation is 1. The lowest BCUT2D eigenvalue weighted by Crippen LogP contribution is -2.40. The summed E-state index contributed by atoms with van der Waals surface area (Å²) >= 11 is 0. The number of hydrogen-bond donors (Lipinski definition) is 2. The van der Waals surface area contributed by atoms with E-state index in [0.717, 1.165) is 24.6 Å². The van der Waals surface area contributed by atoms with E-state index in [9.17, 15) is 4.79 Å². The molecule has 1 heterocycles. The molecule has 5 heteroatoms. The third-order valence-electron chi connectivity index (χ3n) is 3.03. The van der Waals surface area contributed by atoms with Gasteiger partial charge >= 0.3 is 0 Å². The highest BCUT2D eigenvalue weighted by atomic mass is 16.1. The molecule has 0 unspecified atom stereocenters. The van der Waals surface area contributed by atoms with Crippen LogP contribution in [0.5, 0.6) is 0 Å². The summed E-state index contributed by atoms with van der Waals surface area (Å²) in [5.74, 6) is 0.872. The Balaban J connectivity index is 1.72. The molecular formula is C14H20N4O. The molecule has 1 aliphatic heterocycles. The van der Waals surface area contributed by atoms with Crippen LogP contribution in [0.25, 0.3) is 0 Å². The quantitative estimate of drug-likeness (QED) is 0.780. The number of nitrogens with one attached hydrogen (secondary N) is 2. The number of benzene rings is 1. The van der Waals surface area contributed by atoms with Gasteiger partial charge in [0.1, 0.15) is 0 Å². The van der Waals surface area contributed by atoms with Gasteiger partial charge in [0.2, 0.25) is 0 Å². The highest BCUT2D eigenvalue weighted by Gasteiger charge is 2.11. The third kappa shape index (κ3) is 3.71. The smallest absolute Gasteiger partial charge is 0.251 e. The zero-order chi connectivity index (χ0) is 13.7. The summed E-state index contributed by atoms with van der Waals surface area (Å²) in [4.78, 5) is 18.3. The second-order valence-corrected chi connectivity index (χ2v) is 4.68. The Hall–Kier alpha value is -2.04. The van der Waals surface area contributed by atoms with E-state index in [4.69, 9.17) is 0 Å². The van der Waals surface area contributed by atoms with Gasteiger partial charge in [-0.25, -0.2) is 0 Å². The zero-order valence-electron chi connectivity index (χ0n) is 11.4. The number of aliphatic imine (C=N–C) groups is 1. The van der Waals surface area contributed by atoms with Crippen molar-refractivity contribution in [1.29, 1.82) is 0 Å². The van der Waals surface area contributed by atoms with Gasteiger partial charge in [-0.2, -0.15) is 0 Å². The predicted molar refractivity (Wildman–Crippen MR) is 76.4 cm³/mol. The molecule has 19 heavy (non-hydrogen) atoms. The van der Waals surface area contributed by atoms with E-state index in [1.165, 1.54) is 0 Å². The number of likely N-dealkylation sites (N-methyl/N-ethyl adjacent to an activating group) is 1. The van der Waals surface area contributed by atoms with Gasteiger partial charge < -0.3 is 15.5 Å². The van der Waals surface area contributed by atoms with Gasteiger partial charge in [-0.15, -0.1) is 0 Å². The Kier molecular flexibility index (Phi) is 4.39. The Morgan fingerprint density at radius 1 is 1.42 bits per heavy atom. The monoisotopic (exact) mass is 260 g/mol. The van der Waals surface area contributed by atoms with Crippen LogP contribution in [0.4, 0.5) is 0 Å². The van der Waals surface area contributed by atoms with Crippen molar-refractivity contribution in [1.82, 2.24) is 15.5 Å². The molecular weight excluding hydrogens is 240 g/mol. The number of amides is 1. The van der Waals surface area contributed by atoms with Crippen molar-refractivity contribution < 1.29 is 4.79 Å². The molecule has 0 saturated heterocycles. The zero-order valence-corrected chi connectivity index (χ0v) is 11.4. The highest BCUT2D eigenvalue weighted by molar-refractivity contribution is 5.94. The van der Waals surface area contributed by atoms with Gasteiger partial charge in [0.05, 0.1) is 6.54 Å². The molecule has 0 bridgehead atoms. The molecule has 1 amide bonds. The van der Waals surface area contributed by atoms with Crippen LogP contribution in [0.3, 0.4) is 0 Å². The van der Waals surface area contributed by atoms with Gasteiger partial charge in [-0.05, 0) is 19.1 Å².